The lowest BCUT2D eigenvalue weighted by Crippen LogP contribution is -2.13. The fourth-order valence-electron chi connectivity index (χ4n) is 1.50. The van der Waals surface area contributed by atoms with Crippen molar-refractivity contribution in [1.29, 1.82) is 0 Å². The second-order valence-corrected chi connectivity index (χ2v) is 3.65. The molecule has 1 aromatic heterocycles. The standard InChI is InChI=1S/C13H14N4O/c1-2-15-11-5-3-10(4-6-11)13(18)17-12-9-14-7-8-16-12/h3-9,15H,2H2,1H3,(H,16,17,18). The minimum atomic E-state index is -0.196. The first-order valence-corrected chi connectivity index (χ1v) is 5.71. The van der Waals surface area contributed by atoms with Gasteiger partial charge in [0, 0.05) is 30.2 Å². The highest BCUT2D eigenvalue weighted by atomic mass is 16.1. The van der Waals surface area contributed by atoms with E-state index in [-0.39, 0.29) is 5.91 Å². The van der Waals surface area contributed by atoms with Crippen LogP contribution in [0.2, 0.25) is 0 Å². The third-order valence-electron chi connectivity index (χ3n) is 2.33. The van der Waals surface area contributed by atoms with Gasteiger partial charge in [0.25, 0.3) is 5.91 Å². The molecule has 1 heterocycles. The third kappa shape index (κ3) is 3.04. The summed E-state index contributed by atoms with van der Waals surface area (Å²) in [5.41, 5.74) is 1.58. The van der Waals surface area contributed by atoms with Crippen molar-refractivity contribution in [3.8, 4) is 0 Å². The lowest BCUT2D eigenvalue weighted by molar-refractivity contribution is 0.102. The van der Waals surface area contributed by atoms with Crippen LogP contribution in [0.4, 0.5) is 11.5 Å². The van der Waals surface area contributed by atoms with Crippen LogP contribution in [-0.4, -0.2) is 22.4 Å². The number of anilines is 2. The average molecular weight is 242 g/mol. The Kier molecular flexibility index (Phi) is 3.86. The van der Waals surface area contributed by atoms with Gasteiger partial charge in [0.15, 0.2) is 5.82 Å². The van der Waals surface area contributed by atoms with Gasteiger partial charge in [-0.3, -0.25) is 9.78 Å². The van der Waals surface area contributed by atoms with Gasteiger partial charge < -0.3 is 10.6 Å². The number of hydrogen-bond acceptors (Lipinski definition) is 4. The summed E-state index contributed by atoms with van der Waals surface area (Å²) in [5.74, 6) is 0.247. The van der Waals surface area contributed by atoms with Crippen LogP contribution < -0.4 is 10.6 Å². The van der Waals surface area contributed by atoms with E-state index in [1.807, 2.05) is 19.1 Å². The number of nitrogens with zero attached hydrogens (tertiary/aromatic N) is 2. The van der Waals surface area contributed by atoms with E-state index in [9.17, 15) is 4.79 Å². The average Bonchev–Trinajstić information content (AvgIpc) is 2.41. The smallest absolute Gasteiger partial charge is 0.256 e. The van der Waals surface area contributed by atoms with Crippen molar-refractivity contribution in [2.75, 3.05) is 17.2 Å². The van der Waals surface area contributed by atoms with E-state index in [1.54, 1.807) is 18.3 Å². The molecule has 0 radical (unpaired) electrons. The second-order valence-electron chi connectivity index (χ2n) is 3.65. The molecule has 2 rings (SSSR count). The summed E-state index contributed by atoms with van der Waals surface area (Å²) in [5, 5.41) is 5.85. The molecule has 0 aliphatic carbocycles. The van der Waals surface area contributed by atoms with Crippen LogP contribution in [0.5, 0.6) is 0 Å². The SMILES string of the molecule is CCNc1ccc(C(=O)Nc2cnccn2)cc1. The Labute approximate surface area is 105 Å². The molecule has 0 unspecified atom stereocenters. The number of carbonyl (C=O) groups excluding carboxylic acids is 1. The number of carbonyl (C=O) groups is 1. The molecule has 5 nitrogen and oxygen atoms in total. The normalized spacial score (nSPS) is 9.83. The third-order valence-corrected chi connectivity index (χ3v) is 2.33. The second kappa shape index (κ2) is 5.77. The van der Waals surface area contributed by atoms with Crippen LogP contribution in [0.25, 0.3) is 0 Å². The van der Waals surface area contributed by atoms with Crippen molar-refractivity contribution in [3.05, 3.63) is 48.4 Å². The highest BCUT2D eigenvalue weighted by molar-refractivity contribution is 6.03. The molecule has 0 atom stereocenters. The molecule has 92 valence electrons. The van der Waals surface area contributed by atoms with Gasteiger partial charge in [-0.15, -0.1) is 0 Å². The Hall–Kier alpha value is -2.43. The number of rotatable bonds is 4. The summed E-state index contributed by atoms with van der Waals surface area (Å²) in [6.45, 7) is 2.87. The lowest BCUT2D eigenvalue weighted by Gasteiger charge is -2.06. The first kappa shape index (κ1) is 12.0. The monoisotopic (exact) mass is 242 g/mol. The molecule has 0 aliphatic rings. The summed E-state index contributed by atoms with van der Waals surface area (Å²) in [7, 11) is 0. The highest BCUT2D eigenvalue weighted by Gasteiger charge is 2.06. The van der Waals surface area contributed by atoms with Gasteiger partial charge in [-0.1, -0.05) is 0 Å². The minimum absolute atomic E-state index is 0.196. The summed E-state index contributed by atoms with van der Waals surface area (Å²) in [4.78, 5) is 19.8. The summed E-state index contributed by atoms with van der Waals surface area (Å²) in [6.07, 6.45) is 4.59. The molecule has 0 saturated carbocycles. The zero-order valence-corrected chi connectivity index (χ0v) is 10.1. The topological polar surface area (TPSA) is 66.9 Å². The summed E-state index contributed by atoms with van der Waals surface area (Å²) in [6, 6.07) is 7.28. The van der Waals surface area contributed by atoms with Gasteiger partial charge in [-0.2, -0.15) is 0 Å². The molecule has 0 spiro atoms. The van der Waals surface area contributed by atoms with Gasteiger partial charge in [-0.25, -0.2) is 4.98 Å². The first-order valence-electron chi connectivity index (χ1n) is 5.71. The number of benzene rings is 1. The van der Waals surface area contributed by atoms with Crippen molar-refractivity contribution in [2.24, 2.45) is 0 Å². The molecule has 0 aliphatic heterocycles. The van der Waals surface area contributed by atoms with Crippen LogP contribution >= 0.6 is 0 Å². The van der Waals surface area contributed by atoms with Crippen molar-refractivity contribution in [2.45, 2.75) is 6.92 Å². The number of nitrogens with one attached hydrogen (secondary N) is 2. The Morgan fingerprint density at radius 3 is 2.61 bits per heavy atom. The van der Waals surface area contributed by atoms with Crippen LogP contribution in [0.1, 0.15) is 17.3 Å². The maximum absolute atomic E-state index is 11.9. The van der Waals surface area contributed by atoms with E-state index in [1.165, 1.54) is 12.4 Å². The Morgan fingerprint density at radius 1 is 1.22 bits per heavy atom. The molecule has 1 amide bonds. The summed E-state index contributed by atoms with van der Waals surface area (Å²) >= 11 is 0. The van der Waals surface area contributed by atoms with Gasteiger partial charge in [-0.05, 0) is 31.2 Å². The molecule has 5 heteroatoms. The first-order chi connectivity index (χ1) is 8.79. The molecule has 0 fully saturated rings. The van der Waals surface area contributed by atoms with Crippen LogP contribution in [0, 0.1) is 0 Å². The molecule has 2 N–H and O–H groups in total. The molecular formula is C13H14N4O. The number of aromatic nitrogens is 2. The van der Waals surface area contributed by atoms with Gasteiger partial charge in [0.05, 0.1) is 6.20 Å². The molecule has 2 aromatic rings. The van der Waals surface area contributed by atoms with E-state index in [0.717, 1.165) is 12.2 Å². The van der Waals surface area contributed by atoms with Crippen molar-refractivity contribution in [3.63, 3.8) is 0 Å². The Balaban J connectivity index is 2.05. The number of amides is 1. The predicted molar refractivity (Wildman–Crippen MR) is 70.6 cm³/mol. The lowest BCUT2D eigenvalue weighted by atomic mass is 10.2. The molecule has 18 heavy (non-hydrogen) atoms. The molecule has 0 saturated heterocycles. The zero-order chi connectivity index (χ0) is 12.8. The van der Waals surface area contributed by atoms with Gasteiger partial charge in [0.2, 0.25) is 0 Å². The van der Waals surface area contributed by atoms with Crippen LogP contribution in [0.15, 0.2) is 42.9 Å². The molecule has 0 bridgehead atoms. The number of hydrogen-bond donors (Lipinski definition) is 2. The summed E-state index contributed by atoms with van der Waals surface area (Å²) < 4.78 is 0. The van der Waals surface area contributed by atoms with Crippen molar-refractivity contribution >= 4 is 17.4 Å². The Morgan fingerprint density at radius 2 is 2.00 bits per heavy atom. The minimum Gasteiger partial charge on any atom is -0.385 e. The van der Waals surface area contributed by atoms with E-state index in [2.05, 4.69) is 20.6 Å². The predicted octanol–water partition coefficient (Wildman–Crippen LogP) is 2.16. The van der Waals surface area contributed by atoms with E-state index >= 15 is 0 Å². The maximum atomic E-state index is 11.9. The maximum Gasteiger partial charge on any atom is 0.256 e. The van der Waals surface area contributed by atoms with Gasteiger partial charge >= 0.3 is 0 Å². The fraction of sp³-hybridized carbons (Fsp3) is 0.154. The molecular weight excluding hydrogens is 228 g/mol. The van der Waals surface area contributed by atoms with Crippen LogP contribution in [0.3, 0.4) is 0 Å². The fourth-order valence-corrected chi connectivity index (χ4v) is 1.50. The highest BCUT2D eigenvalue weighted by Crippen LogP contribution is 2.10. The van der Waals surface area contributed by atoms with Crippen LogP contribution in [-0.2, 0) is 0 Å². The van der Waals surface area contributed by atoms with Crippen molar-refractivity contribution < 1.29 is 4.79 Å². The van der Waals surface area contributed by atoms with E-state index < -0.39 is 0 Å². The zero-order valence-electron chi connectivity index (χ0n) is 10.1. The van der Waals surface area contributed by atoms with Crippen molar-refractivity contribution in [1.82, 2.24) is 9.97 Å². The quantitative estimate of drug-likeness (QED) is 0.862. The van der Waals surface area contributed by atoms with E-state index in [0.29, 0.717) is 11.4 Å². The molecule has 1 aromatic carbocycles. The van der Waals surface area contributed by atoms with Gasteiger partial charge in [0.1, 0.15) is 0 Å². The largest absolute Gasteiger partial charge is 0.385 e. The Bertz CT molecular complexity index is 510. The van der Waals surface area contributed by atoms with E-state index in [4.69, 9.17) is 0 Å².